The van der Waals surface area contributed by atoms with Gasteiger partial charge in [0.2, 0.25) is 0 Å². The highest BCUT2D eigenvalue weighted by Crippen LogP contribution is 2.22. The second kappa shape index (κ2) is 7.15. The van der Waals surface area contributed by atoms with Crippen molar-refractivity contribution in [1.29, 1.82) is 0 Å². The van der Waals surface area contributed by atoms with Gasteiger partial charge in [-0.25, -0.2) is 0 Å². The summed E-state index contributed by atoms with van der Waals surface area (Å²) in [5, 5.41) is 3.42. The summed E-state index contributed by atoms with van der Waals surface area (Å²) >= 11 is 3.51. The molecule has 2 aromatic rings. The van der Waals surface area contributed by atoms with Crippen LogP contribution in [0.2, 0.25) is 0 Å². The first-order valence-corrected chi connectivity index (χ1v) is 7.31. The van der Waals surface area contributed by atoms with Crippen LogP contribution in [-0.2, 0) is 6.54 Å². The van der Waals surface area contributed by atoms with E-state index in [0.717, 1.165) is 28.0 Å². The minimum atomic E-state index is 0.521. The Labute approximate surface area is 128 Å². The molecule has 0 saturated heterocycles. The van der Waals surface area contributed by atoms with Crippen molar-refractivity contribution in [3.05, 3.63) is 70.7 Å². The second-order valence-corrected chi connectivity index (χ2v) is 5.49. The molecular weight excluding hydrogens is 314 g/mol. The molecule has 0 aromatic heterocycles. The standard InChI is InChI=1S/C17H18BrNO/c1-3-8-20-17-7-5-4-6-14(17)12-19-16-10-13(2)9-15(18)11-16/h3-7,9-11,19H,1,8,12H2,2H3. The highest BCUT2D eigenvalue weighted by molar-refractivity contribution is 9.10. The van der Waals surface area contributed by atoms with E-state index in [1.165, 1.54) is 5.56 Å². The van der Waals surface area contributed by atoms with Gasteiger partial charge in [0, 0.05) is 22.3 Å². The molecule has 0 bridgehead atoms. The molecule has 0 spiro atoms. The topological polar surface area (TPSA) is 21.3 Å². The smallest absolute Gasteiger partial charge is 0.124 e. The van der Waals surface area contributed by atoms with Crippen molar-refractivity contribution in [2.75, 3.05) is 11.9 Å². The third-order valence-corrected chi connectivity index (χ3v) is 3.31. The van der Waals surface area contributed by atoms with Gasteiger partial charge in [-0.2, -0.15) is 0 Å². The summed E-state index contributed by atoms with van der Waals surface area (Å²) in [6, 6.07) is 14.3. The number of rotatable bonds is 6. The molecule has 0 radical (unpaired) electrons. The lowest BCUT2D eigenvalue weighted by atomic mass is 10.2. The van der Waals surface area contributed by atoms with Crippen LogP contribution in [0.1, 0.15) is 11.1 Å². The van der Waals surface area contributed by atoms with E-state index in [4.69, 9.17) is 4.74 Å². The molecule has 0 amide bonds. The molecule has 2 nitrogen and oxygen atoms in total. The molecule has 0 aliphatic heterocycles. The third kappa shape index (κ3) is 4.14. The Morgan fingerprint density at radius 2 is 2.05 bits per heavy atom. The van der Waals surface area contributed by atoms with Crippen molar-refractivity contribution >= 4 is 21.6 Å². The molecule has 0 atom stereocenters. The fourth-order valence-corrected chi connectivity index (χ4v) is 2.58. The minimum absolute atomic E-state index is 0.521. The van der Waals surface area contributed by atoms with Gasteiger partial charge in [0.25, 0.3) is 0 Å². The molecule has 0 heterocycles. The molecule has 0 aliphatic rings. The number of para-hydroxylation sites is 1. The maximum absolute atomic E-state index is 5.65. The average molecular weight is 332 g/mol. The zero-order valence-electron chi connectivity index (χ0n) is 11.5. The SMILES string of the molecule is C=CCOc1ccccc1CNc1cc(C)cc(Br)c1. The first kappa shape index (κ1) is 14.7. The van der Waals surface area contributed by atoms with Gasteiger partial charge in [-0.1, -0.05) is 46.8 Å². The van der Waals surface area contributed by atoms with Gasteiger partial charge < -0.3 is 10.1 Å². The van der Waals surface area contributed by atoms with Gasteiger partial charge in [0.1, 0.15) is 12.4 Å². The van der Waals surface area contributed by atoms with E-state index in [1.54, 1.807) is 6.08 Å². The van der Waals surface area contributed by atoms with Gasteiger partial charge in [-0.05, 0) is 36.8 Å². The number of hydrogen-bond donors (Lipinski definition) is 1. The molecule has 2 rings (SSSR count). The molecular formula is C17H18BrNO. The predicted molar refractivity (Wildman–Crippen MR) is 88.3 cm³/mol. The van der Waals surface area contributed by atoms with Gasteiger partial charge in [0.15, 0.2) is 0 Å². The Balaban J connectivity index is 2.08. The lowest BCUT2D eigenvalue weighted by Crippen LogP contribution is -2.03. The van der Waals surface area contributed by atoms with E-state index in [0.29, 0.717) is 6.61 Å². The predicted octanol–water partition coefficient (Wildman–Crippen LogP) is 4.93. The highest BCUT2D eigenvalue weighted by atomic mass is 79.9. The number of ether oxygens (including phenoxy) is 1. The molecule has 0 unspecified atom stereocenters. The number of nitrogens with one attached hydrogen (secondary N) is 1. The van der Waals surface area contributed by atoms with Crippen molar-refractivity contribution < 1.29 is 4.74 Å². The van der Waals surface area contributed by atoms with Crippen molar-refractivity contribution in [2.24, 2.45) is 0 Å². The van der Waals surface area contributed by atoms with Crippen LogP contribution >= 0.6 is 15.9 Å². The lowest BCUT2D eigenvalue weighted by Gasteiger charge is -2.12. The van der Waals surface area contributed by atoms with Gasteiger partial charge >= 0.3 is 0 Å². The van der Waals surface area contributed by atoms with Crippen LogP contribution in [0, 0.1) is 6.92 Å². The van der Waals surface area contributed by atoms with Crippen LogP contribution in [0.15, 0.2) is 59.6 Å². The van der Waals surface area contributed by atoms with Crippen molar-refractivity contribution in [2.45, 2.75) is 13.5 Å². The van der Waals surface area contributed by atoms with E-state index >= 15 is 0 Å². The third-order valence-electron chi connectivity index (χ3n) is 2.85. The molecule has 0 aliphatic carbocycles. The van der Waals surface area contributed by atoms with Crippen molar-refractivity contribution in [3.63, 3.8) is 0 Å². The van der Waals surface area contributed by atoms with Crippen molar-refractivity contribution in [1.82, 2.24) is 0 Å². The lowest BCUT2D eigenvalue weighted by molar-refractivity contribution is 0.359. The maximum atomic E-state index is 5.65. The number of halogens is 1. The zero-order valence-corrected chi connectivity index (χ0v) is 13.1. The fourth-order valence-electron chi connectivity index (χ4n) is 1.98. The zero-order chi connectivity index (χ0) is 14.4. The number of anilines is 1. The Bertz CT molecular complexity index is 575. The summed E-state index contributed by atoms with van der Waals surface area (Å²) in [6.45, 7) is 7.00. The molecule has 0 saturated carbocycles. The second-order valence-electron chi connectivity index (χ2n) is 4.58. The first-order chi connectivity index (χ1) is 9.69. The van der Waals surface area contributed by atoms with E-state index in [1.807, 2.05) is 18.2 Å². The van der Waals surface area contributed by atoms with E-state index in [9.17, 15) is 0 Å². The van der Waals surface area contributed by atoms with Crippen LogP contribution in [0.5, 0.6) is 5.75 Å². The number of benzene rings is 2. The molecule has 2 aromatic carbocycles. The van der Waals surface area contributed by atoms with Crippen LogP contribution in [0.25, 0.3) is 0 Å². The number of hydrogen-bond acceptors (Lipinski definition) is 2. The maximum Gasteiger partial charge on any atom is 0.124 e. The summed E-state index contributed by atoms with van der Waals surface area (Å²) in [6.07, 6.45) is 1.75. The summed E-state index contributed by atoms with van der Waals surface area (Å²) in [4.78, 5) is 0. The fraction of sp³-hybridized carbons (Fsp3) is 0.176. The van der Waals surface area contributed by atoms with Crippen LogP contribution in [-0.4, -0.2) is 6.61 Å². The normalized spacial score (nSPS) is 10.1. The van der Waals surface area contributed by atoms with Crippen molar-refractivity contribution in [3.8, 4) is 5.75 Å². The molecule has 104 valence electrons. The molecule has 3 heteroatoms. The summed E-state index contributed by atoms with van der Waals surface area (Å²) in [5.74, 6) is 0.895. The number of aryl methyl sites for hydroxylation is 1. The molecule has 20 heavy (non-hydrogen) atoms. The minimum Gasteiger partial charge on any atom is -0.489 e. The van der Waals surface area contributed by atoms with Gasteiger partial charge in [-0.15, -0.1) is 0 Å². The quantitative estimate of drug-likeness (QED) is 0.757. The largest absolute Gasteiger partial charge is 0.489 e. The molecule has 0 fully saturated rings. The highest BCUT2D eigenvalue weighted by Gasteiger charge is 2.03. The van der Waals surface area contributed by atoms with E-state index < -0.39 is 0 Å². The van der Waals surface area contributed by atoms with Gasteiger partial charge in [0.05, 0.1) is 0 Å². The van der Waals surface area contributed by atoms with Crippen LogP contribution in [0.4, 0.5) is 5.69 Å². The Morgan fingerprint density at radius 3 is 2.80 bits per heavy atom. The Morgan fingerprint density at radius 1 is 1.25 bits per heavy atom. The first-order valence-electron chi connectivity index (χ1n) is 6.51. The summed E-state index contributed by atoms with van der Waals surface area (Å²) < 4.78 is 6.73. The van der Waals surface area contributed by atoms with E-state index in [2.05, 4.69) is 59.0 Å². The summed E-state index contributed by atoms with van der Waals surface area (Å²) in [5.41, 5.74) is 3.44. The monoisotopic (exact) mass is 331 g/mol. The Hall–Kier alpha value is -1.74. The van der Waals surface area contributed by atoms with E-state index in [-0.39, 0.29) is 0 Å². The average Bonchev–Trinajstić information content (AvgIpc) is 2.43. The molecule has 1 N–H and O–H groups in total. The summed E-state index contributed by atoms with van der Waals surface area (Å²) in [7, 11) is 0. The van der Waals surface area contributed by atoms with Crippen LogP contribution < -0.4 is 10.1 Å². The Kier molecular flexibility index (Phi) is 5.24. The van der Waals surface area contributed by atoms with Crippen LogP contribution in [0.3, 0.4) is 0 Å². The van der Waals surface area contributed by atoms with Gasteiger partial charge in [-0.3, -0.25) is 0 Å².